The summed E-state index contributed by atoms with van der Waals surface area (Å²) in [7, 11) is 0. The quantitative estimate of drug-likeness (QED) is 0.227. The van der Waals surface area contributed by atoms with Crippen molar-refractivity contribution in [1.82, 2.24) is 0 Å². The van der Waals surface area contributed by atoms with Crippen molar-refractivity contribution in [2.24, 2.45) is 5.92 Å². The van der Waals surface area contributed by atoms with Crippen molar-refractivity contribution >= 4 is 35.7 Å². The number of piperidine rings is 1. The van der Waals surface area contributed by atoms with Gasteiger partial charge in [0.05, 0.1) is 11.5 Å². The lowest BCUT2D eigenvalue weighted by atomic mass is 9.80. The second kappa shape index (κ2) is 13.1. The van der Waals surface area contributed by atoms with E-state index in [2.05, 4.69) is 10.2 Å². The SMILES string of the molecule is Cl.O=C(Nc1ccc(N2CCC(C(C(=O)O)c3ccccc3)CC2)cc1)c1cc(C(F)(F)F)ccc1-c1ccccc1. The number of nitrogens with zero attached hydrogens (tertiary/aromatic N) is 1. The molecule has 5 rings (SSSR count). The third-order valence-electron chi connectivity index (χ3n) is 7.60. The monoisotopic (exact) mass is 594 g/mol. The molecule has 0 spiro atoms. The molecule has 1 aliphatic rings. The molecule has 1 aliphatic heterocycles. The van der Waals surface area contributed by atoms with Gasteiger partial charge in [0, 0.05) is 30.0 Å². The first-order valence-corrected chi connectivity index (χ1v) is 13.4. The van der Waals surface area contributed by atoms with Crippen molar-refractivity contribution in [2.45, 2.75) is 24.9 Å². The van der Waals surface area contributed by atoms with E-state index >= 15 is 0 Å². The Balaban J connectivity index is 0.00000405. The van der Waals surface area contributed by atoms with Gasteiger partial charge >= 0.3 is 12.1 Å². The zero-order valence-electron chi connectivity index (χ0n) is 22.6. The zero-order valence-corrected chi connectivity index (χ0v) is 23.4. The summed E-state index contributed by atoms with van der Waals surface area (Å²) in [5, 5.41) is 12.6. The van der Waals surface area contributed by atoms with E-state index < -0.39 is 29.5 Å². The van der Waals surface area contributed by atoms with E-state index in [9.17, 15) is 27.9 Å². The molecule has 1 unspecified atom stereocenters. The Bertz CT molecular complexity index is 1510. The van der Waals surface area contributed by atoms with Gasteiger partial charge in [-0.3, -0.25) is 9.59 Å². The second-order valence-corrected chi connectivity index (χ2v) is 10.2. The van der Waals surface area contributed by atoms with Crippen LogP contribution in [0.4, 0.5) is 24.5 Å². The number of amides is 1. The number of carbonyl (C=O) groups excluding carboxylic acids is 1. The molecule has 1 amide bonds. The smallest absolute Gasteiger partial charge is 0.416 e. The number of carbonyl (C=O) groups is 2. The summed E-state index contributed by atoms with van der Waals surface area (Å²) in [6.45, 7) is 1.38. The van der Waals surface area contributed by atoms with Crippen LogP contribution in [0.25, 0.3) is 11.1 Å². The first-order valence-electron chi connectivity index (χ1n) is 13.4. The second-order valence-electron chi connectivity index (χ2n) is 10.2. The van der Waals surface area contributed by atoms with Crippen LogP contribution >= 0.6 is 12.4 Å². The molecular formula is C33H30ClF3N2O3. The largest absolute Gasteiger partial charge is 0.481 e. The first-order chi connectivity index (χ1) is 19.7. The molecule has 9 heteroatoms. The molecular weight excluding hydrogens is 565 g/mol. The minimum Gasteiger partial charge on any atom is -0.481 e. The van der Waals surface area contributed by atoms with Gasteiger partial charge in [0.15, 0.2) is 0 Å². The number of anilines is 2. The van der Waals surface area contributed by atoms with E-state index in [0.717, 1.165) is 36.2 Å². The van der Waals surface area contributed by atoms with Crippen molar-refractivity contribution < 1.29 is 27.9 Å². The fourth-order valence-electron chi connectivity index (χ4n) is 5.50. The molecule has 4 aromatic rings. The molecule has 1 atom stereocenters. The third-order valence-corrected chi connectivity index (χ3v) is 7.60. The molecule has 5 nitrogen and oxygen atoms in total. The predicted molar refractivity (Wildman–Crippen MR) is 160 cm³/mol. The Hall–Kier alpha value is -4.30. The van der Waals surface area contributed by atoms with Gasteiger partial charge in [0.2, 0.25) is 0 Å². The number of rotatable bonds is 7. The lowest BCUT2D eigenvalue weighted by molar-refractivity contribution is -0.140. The molecule has 1 heterocycles. The molecule has 0 radical (unpaired) electrons. The number of nitrogens with one attached hydrogen (secondary N) is 1. The van der Waals surface area contributed by atoms with E-state index in [1.807, 2.05) is 42.5 Å². The van der Waals surface area contributed by atoms with Crippen molar-refractivity contribution in [1.29, 1.82) is 0 Å². The molecule has 0 bridgehead atoms. The van der Waals surface area contributed by atoms with Gasteiger partial charge in [-0.1, -0.05) is 66.7 Å². The number of benzene rings is 4. The summed E-state index contributed by atoms with van der Waals surface area (Å²) < 4.78 is 40.3. The van der Waals surface area contributed by atoms with Crippen LogP contribution in [0.1, 0.15) is 40.2 Å². The average Bonchev–Trinajstić information content (AvgIpc) is 2.98. The number of hydrogen-bond acceptors (Lipinski definition) is 3. The van der Waals surface area contributed by atoms with Crippen molar-refractivity contribution in [3.8, 4) is 11.1 Å². The molecule has 1 saturated heterocycles. The molecule has 0 aliphatic carbocycles. The Kier molecular flexibility index (Phi) is 9.58. The van der Waals surface area contributed by atoms with Gasteiger partial charge in [-0.25, -0.2) is 0 Å². The fourth-order valence-corrected chi connectivity index (χ4v) is 5.50. The average molecular weight is 595 g/mol. The summed E-state index contributed by atoms with van der Waals surface area (Å²) in [5.74, 6) is -1.97. The molecule has 0 aromatic heterocycles. The lowest BCUT2D eigenvalue weighted by Gasteiger charge is -2.36. The highest BCUT2D eigenvalue weighted by atomic mass is 35.5. The molecule has 4 aromatic carbocycles. The van der Waals surface area contributed by atoms with Gasteiger partial charge in [0.25, 0.3) is 5.91 Å². The van der Waals surface area contributed by atoms with Crippen LogP contribution in [0.15, 0.2) is 103 Å². The van der Waals surface area contributed by atoms with E-state index in [1.54, 1.807) is 42.5 Å². The van der Waals surface area contributed by atoms with Crippen LogP contribution in [-0.2, 0) is 11.0 Å². The van der Waals surface area contributed by atoms with Crippen LogP contribution in [-0.4, -0.2) is 30.1 Å². The van der Waals surface area contributed by atoms with Crippen LogP contribution in [0.3, 0.4) is 0 Å². The number of carboxylic acid groups (broad SMARTS) is 1. The van der Waals surface area contributed by atoms with Gasteiger partial charge < -0.3 is 15.3 Å². The van der Waals surface area contributed by atoms with Crippen LogP contribution in [0, 0.1) is 5.92 Å². The van der Waals surface area contributed by atoms with Crippen LogP contribution in [0.5, 0.6) is 0 Å². The number of aliphatic carboxylic acids is 1. The molecule has 1 fully saturated rings. The standard InChI is InChI=1S/C33H29F3N2O3.ClH/c34-33(35,36)25-11-16-28(22-7-3-1-4-8-22)29(21-25)31(39)37-26-12-14-27(15-13-26)38-19-17-24(18-20-38)30(32(40)41)23-9-5-2-6-10-23;/h1-16,21,24,30H,17-20H2,(H,37,39)(H,40,41);1H. The van der Waals surface area contributed by atoms with Crippen LogP contribution < -0.4 is 10.2 Å². The number of hydrogen-bond donors (Lipinski definition) is 2. The zero-order chi connectivity index (χ0) is 29.0. The normalized spacial score (nSPS) is 14.5. The Labute approximate surface area is 248 Å². The van der Waals surface area contributed by atoms with Gasteiger partial charge in [0.1, 0.15) is 0 Å². The molecule has 218 valence electrons. The summed E-state index contributed by atoms with van der Waals surface area (Å²) in [6, 6.07) is 28.5. The molecule has 0 saturated carbocycles. The van der Waals surface area contributed by atoms with Crippen molar-refractivity contribution in [3.63, 3.8) is 0 Å². The minimum atomic E-state index is -4.58. The third kappa shape index (κ3) is 6.94. The maximum Gasteiger partial charge on any atom is 0.416 e. The van der Waals surface area contributed by atoms with Gasteiger partial charge in [-0.15, -0.1) is 12.4 Å². The summed E-state index contributed by atoms with van der Waals surface area (Å²) in [5.41, 5.74) is 2.29. The lowest BCUT2D eigenvalue weighted by Crippen LogP contribution is -2.37. The van der Waals surface area contributed by atoms with E-state index in [1.165, 1.54) is 6.07 Å². The van der Waals surface area contributed by atoms with E-state index in [4.69, 9.17) is 0 Å². The Morgan fingerprint density at radius 2 is 1.43 bits per heavy atom. The molecule has 42 heavy (non-hydrogen) atoms. The minimum absolute atomic E-state index is 0. The summed E-state index contributed by atoms with van der Waals surface area (Å²) in [4.78, 5) is 27.4. The number of alkyl halides is 3. The van der Waals surface area contributed by atoms with Crippen molar-refractivity contribution in [2.75, 3.05) is 23.3 Å². The number of halogens is 4. The maximum absolute atomic E-state index is 13.4. The highest BCUT2D eigenvalue weighted by molar-refractivity contribution is 6.09. The first kappa shape index (κ1) is 30.7. The fraction of sp³-hybridized carbons (Fsp3) is 0.212. The predicted octanol–water partition coefficient (Wildman–Crippen LogP) is 8.13. The van der Waals surface area contributed by atoms with E-state index in [-0.39, 0.29) is 23.9 Å². The van der Waals surface area contributed by atoms with Crippen molar-refractivity contribution in [3.05, 3.63) is 120 Å². The van der Waals surface area contributed by atoms with Gasteiger partial charge in [-0.2, -0.15) is 13.2 Å². The topological polar surface area (TPSA) is 69.6 Å². The van der Waals surface area contributed by atoms with E-state index in [0.29, 0.717) is 29.9 Å². The Morgan fingerprint density at radius 1 is 0.833 bits per heavy atom. The summed E-state index contributed by atoms with van der Waals surface area (Å²) in [6.07, 6.45) is -3.13. The maximum atomic E-state index is 13.4. The highest BCUT2D eigenvalue weighted by Crippen LogP contribution is 2.36. The molecule has 2 N–H and O–H groups in total. The van der Waals surface area contributed by atoms with Gasteiger partial charge in [-0.05, 0) is 71.8 Å². The van der Waals surface area contributed by atoms with Crippen LogP contribution in [0.2, 0.25) is 0 Å². The Morgan fingerprint density at radius 3 is 2.00 bits per heavy atom. The number of carboxylic acids is 1. The highest BCUT2D eigenvalue weighted by Gasteiger charge is 2.33. The summed E-state index contributed by atoms with van der Waals surface area (Å²) >= 11 is 0.